The lowest BCUT2D eigenvalue weighted by atomic mass is 9.96. The van der Waals surface area contributed by atoms with E-state index in [2.05, 4.69) is 22.5 Å². The Morgan fingerprint density at radius 3 is 2.81 bits per heavy atom. The number of hydrogen-bond acceptors (Lipinski definition) is 3. The number of carbonyl (C=O) groups is 2. The molecule has 1 aromatic heterocycles. The fourth-order valence-electron chi connectivity index (χ4n) is 3.36. The molecule has 0 radical (unpaired) electrons. The maximum atomic E-state index is 12.4. The van der Waals surface area contributed by atoms with Gasteiger partial charge in [0.2, 0.25) is 11.8 Å². The molecular formula is C20H26N4O2. The molecule has 6 nitrogen and oxygen atoms in total. The average Bonchev–Trinajstić information content (AvgIpc) is 3.07. The second kappa shape index (κ2) is 8.65. The van der Waals surface area contributed by atoms with Gasteiger partial charge < -0.3 is 10.2 Å². The summed E-state index contributed by atoms with van der Waals surface area (Å²) in [5, 5.41) is 7.07. The molecule has 0 bridgehead atoms. The van der Waals surface area contributed by atoms with Gasteiger partial charge in [0.25, 0.3) is 0 Å². The van der Waals surface area contributed by atoms with Crippen molar-refractivity contribution < 1.29 is 9.59 Å². The first-order valence-electron chi connectivity index (χ1n) is 9.19. The summed E-state index contributed by atoms with van der Waals surface area (Å²) < 4.78 is 1.72. The quantitative estimate of drug-likeness (QED) is 0.826. The second-order valence-corrected chi connectivity index (χ2v) is 6.90. The number of nitrogens with one attached hydrogen (secondary N) is 1. The van der Waals surface area contributed by atoms with E-state index in [9.17, 15) is 9.59 Å². The lowest BCUT2D eigenvalue weighted by Gasteiger charge is -2.32. The van der Waals surface area contributed by atoms with Gasteiger partial charge in [-0.15, -0.1) is 0 Å². The number of nitrogens with zero attached hydrogens (tertiary/aromatic N) is 3. The van der Waals surface area contributed by atoms with Crippen LogP contribution in [0.4, 0.5) is 0 Å². The van der Waals surface area contributed by atoms with E-state index in [1.807, 2.05) is 36.3 Å². The van der Waals surface area contributed by atoms with Crippen LogP contribution in [0, 0.1) is 5.92 Å². The Morgan fingerprint density at radius 2 is 2.08 bits per heavy atom. The molecule has 1 atom stereocenters. The van der Waals surface area contributed by atoms with Crippen molar-refractivity contribution in [1.82, 2.24) is 20.0 Å². The second-order valence-electron chi connectivity index (χ2n) is 6.90. The summed E-state index contributed by atoms with van der Waals surface area (Å²) in [6.45, 7) is 1.71. The van der Waals surface area contributed by atoms with Crippen molar-refractivity contribution in [3.63, 3.8) is 0 Å². The van der Waals surface area contributed by atoms with Crippen LogP contribution in [0.25, 0.3) is 0 Å². The molecule has 2 aromatic rings. The van der Waals surface area contributed by atoms with E-state index >= 15 is 0 Å². The molecule has 1 saturated heterocycles. The number of carbonyl (C=O) groups excluding carboxylic acids is 2. The number of piperidine rings is 1. The minimum atomic E-state index is -0.124. The number of hydrogen-bond donors (Lipinski definition) is 1. The summed E-state index contributed by atoms with van der Waals surface area (Å²) in [5.74, 6) is 0.0601. The van der Waals surface area contributed by atoms with Gasteiger partial charge in [-0.2, -0.15) is 5.10 Å². The van der Waals surface area contributed by atoms with E-state index < -0.39 is 0 Å². The maximum Gasteiger partial charge on any atom is 0.225 e. The summed E-state index contributed by atoms with van der Waals surface area (Å²) >= 11 is 0. The van der Waals surface area contributed by atoms with Crippen LogP contribution in [0.15, 0.2) is 42.7 Å². The van der Waals surface area contributed by atoms with Crippen molar-refractivity contribution in [1.29, 1.82) is 0 Å². The van der Waals surface area contributed by atoms with Gasteiger partial charge in [0.1, 0.15) is 0 Å². The molecule has 1 N–H and O–H groups in total. The summed E-state index contributed by atoms with van der Waals surface area (Å²) in [6.07, 6.45) is 6.59. The molecule has 0 spiro atoms. The topological polar surface area (TPSA) is 67.2 Å². The summed E-state index contributed by atoms with van der Waals surface area (Å²) in [7, 11) is 1.85. The molecule has 1 aromatic carbocycles. The van der Waals surface area contributed by atoms with Crippen molar-refractivity contribution in [3.8, 4) is 0 Å². The largest absolute Gasteiger partial charge is 0.352 e. The molecule has 2 amide bonds. The lowest BCUT2D eigenvalue weighted by molar-refractivity contribution is -0.138. The van der Waals surface area contributed by atoms with Crippen molar-refractivity contribution >= 4 is 11.8 Å². The maximum absolute atomic E-state index is 12.4. The monoisotopic (exact) mass is 354 g/mol. The molecule has 26 heavy (non-hydrogen) atoms. The molecule has 138 valence electrons. The van der Waals surface area contributed by atoms with E-state index in [0.29, 0.717) is 32.5 Å². The van der Waals surface area contributed by atoms with Gasteiger partial charge in [-0.3, -0.25) is 14.3 Å². The Balaban J connectivity index is 1.45. The van der Waals surface area contributed by atoms with Crippen LogP contribution < -0.4 is 5.32 Å². The van der Waals surface area contributed by atoms with Crippen LogP contribution in [0.3, 0.4) is 0 Å². The first-order chi connectivity index (χ1) is 12.6. The molecule has 3 rings (SSSR count). The highest BCUT2D eigenvalue weighted by Gasteiger charge is 2.29. The van der Waals surface area contributed by atoms with Crippen LogP contribution in [-0.4, -0.2) is 39.6 Å². The first kappa shape index (κ1) is 18.2. The van der Waals surface area contributed by atoms with E-state index in [1.165, 1.54) is 5.56 Å². The third kappa shape index (κ3) is 4.94. The zero-order valence-corrected chi connectivity index (χ0v) is 15.2. The zero-order chi connectivity index (χ0) is 18.4. The Labute approximate surface area is 154 Å². The van der Waals surface area contributed by atoms with E-state index in [0.717, 1.165) is 18.4 Å². The van der Waals surface area contributed by atoms with E-state index in [4.69, 9.17) is 0 Å². The predicted molar refractivity (Wildman–Crippen MR) is 99.1 cm³/mol. The highest BCUT2D eigenvalue weighted by Crippen LogP contribution is 2.19. The summed E-state index contributed by atoms with van der Waals surface area (Å²) in [4.78, 5) is 26.5. The van der Waals surface area contributed by atoms with Crippen LogP contribution in [0.2, 0.25) is 0 Å². The minimum Gasteiger partial charge on any atom is -0.352 e. The predicted octanol–water partition coefficient (Wildman–Crippen LogP) is 1.91. The lowest BCUT2D eigenvalue weighted by Crippen LogP contribution is -2.46. The van der Waals surface area contributed by atoms with Gasteiger partial charge in [0.05, 0.1) is 12.1 Å². The molecule has 1 fully saturated rings. The van der Waals surface area contributed by atoms with E-state index in [-0.39, 0.29) is 17.7 Å². The van der Waals surface area contributed by atoms with Gasteiger partial charge in [0.15, 0.2) is 0 Å². The summed E-state index contributed by atoms with van der Waals surface area (Å²) in [6, 6.07) is 10.3. The fraction of sp³-hybridized carbons (Fsp3) is 0.450. The minimum absolute atomic E-state index is 0.0226. The highest BCUT2D eigenvalue weighted by molar-refractivity contribution is 5.83. The van der Waals surface area contributed by atoms with Gasteiger partial charge in [0, 0.05) is 44.9 Å². The Bertz CT molecular complexity index is 741. The van der Waals surface area contributed by atoms with Crippen LogP contribution in [-0.2, 0) is 29.6 Å². The van der Waals surface area contributed by atoms with Crippen LogP contribution in [0.1, 0.15) is 30.4 Å². The Kier molecular flexibility index (Phi) is 6.04. The standard InChI is InChI=1S/C20H26N4O2/c1-23-14-17(13-22-23)12-21-20(26)18-9-10-19(25)24(15-18)11-5-8-16-6-3-2-4-7-16/h2-4,6-7,13-14,18H,5,8-12,15H2,1H3,(H,21,26)/t18-/m0/s1. The molecule has 1 aliphatic heterocycles. The zero-order valence-electron chi connectivity index (χ0n) is 15.2. The molecule has 0 aliphatic carbocycles. The Hall–Kier alpha value is -2.63. The van der Waals surface area contributed by atoms with Crippen molar-refractivity contribution in [2.45, 2.75) is 32.2 Å². The summed E-state index contributed by atoms with van der Waals surface area (Å²) in [5.41, 5.74) is 2.26. The normalized spacial score (nSPS) is 17.3. The first-order valence-corrected chi connectivity index (χ1v) is 9.19. The molecular weight excluding hydrogens is 328 g/mol. The van der Waals surface area contributed by atoms with E-state index in [1.54, 1.807) is 10.9 Å². The molecule has 2 heterocycles. The third-order valence-electron chi connectivity index (χ3n) is 4.83. The number of rotatable bonds is 7. The molecule has 0 saturated carbocycles. The van der Waals surface area contributed by atoms with Crippen molar-refractivity contribution in [3.05, 3.63) is 53.9 Å². The van der Waals surface area contributed by atoms with Crippen LogP contribution >= 0.6 is 0 Å². The average molecular weight is 354 g/mol. The van der Waals surface area contributed by atoms with Gasteiger partial charge >= 0.3 is 0 Å². The van der Waals surface area contributed by atoms with Gasteiger partial charge in [-0.25, -0.2) is 0 Å². The molecule has 0 unspecified atom stereocenters. The van der Waals surface area contributed by atoms with Crippen molar-refractivity contribution in [2.75, 3.05) is 13.1 Å². The highest BCUT2D eigenvalue weighted by atomic mass is 16.2. The van der Waals surface area contributed by atoms with Crippen LogP contribution in [0.5, 0.6) is 0 Å². The fourth-order valence-corrected chi connectivity index (χ4v) is 3.36. The number of benzene rings is 1. The SMILES string of the molecule is Cn1cc(CNC(=O)[C@H]2CCC(=O)N(CCCc3ccccc3)C2)cn1. The van der Waals surface area contributed by atoms with Gasteiger partial charge in [-0.05, 0) is 24.8 Å². The number of likely N-dealkylation sites (tertiary alicyclic amines) is 1. The Morgan fingerprint density at radius 1 is 1.27 bits per heavy atom. The molecule has 1 aliphatic rings. The third-order valence-corrected chi connectivity index (χ3v) is 4.83. The number of aryl methyl sites for hydroxylation is 2. The van der Waals surface area contributed by atoms with Crippen molar-refractivity contribution in [2.24, 2.45) is 13.0 Å². The molecule has 6 heteroatoms. The smallest absolute Gasteiger partial charge is 0.225 e. The van der Waals surface area contributed by atoms with Gasteiger partial charge in [-0.1, -0.05) is 30.3 Å². The number of amides is 2. The number of aromatic nitrogens is 2.